The van der Waals surface area contributed by atoms with Crippen LogP contribution in [0, 0.1) is 25.2 Å². The van der Waals surface area contributed by atoms with Crippen LogP contribution in [0.2, 0.25) is 0 Å². The van der Waals surface area contributed by atoms with Gasteiger partial charge in [-0.1, -0.05) is 20.8 Å². The molecule has 1 aromatic heterocycles. The summed E-state index contributed by atoms with van der Waals surface area (Å²) in [5, 5.41) is 2.89. The summed E-state index contributed by atoms with van der Waals surface area (Å²) in [4.78, 5) is 16.4. The summed E-state index contributed by atoms with van der Waals surface area (Å²) >= 11 is 0. The molecule has 0 aliphatic heterocycles. The molecular weight excluding hydrogens is 316 g/mol. The number of nitrogens with zero attached hydrogens (tertiary/aromatic N) is 1. The van der Waals surface area contributed by atoms with Gasteiger partial charge in [-0.3, -0.25) is 4.98 Å². The number of hydrogen-bond acceptors (Lipinski definition) is 4. The normalized spacial score (nSPS) is 14.1. The number of carbonyl (C=O) groups is 1. The van der Waals surface area contributed by atoms with E-state index in [-0.39, 0.29) is 5.41 Å². The third-order valence-electron chi connectivity index (χ3n) is 3.71. The van der Waals surface area contributed by atoms with Crippen molar-refractivity contribution in [2.45, 2.75) is 67.4 Å². The summed E-state index contributed by atoms with van der Waals surface area (Å²) < 4.78 is 11.4. The van der Waals surface area contributed by atoms with E-state index in [4.69, 9.17) is 9.47 Å². The zero-order valence-corrected chi connectivity index (χ0v) is 17.0. The lowest BCUT2D eigenvalue weighted by atomic mass is 9.82. The number of aromatic nitrogens is 1. The van der Waals surface area contributed by atoms with Crippen LogP contribution in [0.15, 0.2) is 12.1 Å². The number of alkyl carbamates (subject to hydrolysis) is 1. The number of hydrogen-bond donors (Lipinski definition) is 1. The quantitative estimate of drug-likeness (QED) is 0.777. The molecule has 5 heteroatoms. The van der Waals surface area contributed by atoms with Crippen molar-refractivity contribution in [1.82, 2.24) is 10.3 Å². The number of nitrogens with one attached hydrogen (secondary N) is 1. The fraction of sp³-hybridized carbons (Fsp3) is 0.700. The van der Waals surface area contributed by atoms with Crippen molar-refractivity contribution in [3.8, 4) is 5.75 Å². The van der Waals surface area contributed by atoms with Crippen molar-refractivity contribution in [2.75, 3.05) is 13.2 Å². The van der Waals surface area contributed by atoms with Gasteiger partial charge in [0.1, 0.15) is 11.4 Å². The van der Waals surface area contributed by atoms with Gasteiger partial charge in [-0.25, -0.2) is 4.79 Å². The zero-order valence-electron chi connectivity index (χ0n) is 17.0. The largest absolute Gasteiger partial charge is 0.491 e. The number of pyridine rings is 1. The minimum absolute atomic E-state index is 0.192. The SMILES string of the molecule is Cc1ccc(OCC(C)(CNC(=O)OC(C)(C)C)CC(C)C)c(C)n1. The monoisotopic (exact) mass is 350 g/mol. The Bertz CT molecular complexity index is 579. The van der Waals surface area contributed by atoms with Crippen molar-refractivity contribution in [2.24, 2.45) is 11.3 Å². The first-order valence-corrected chi connectivity index (χ1v) is 8.94. The lowest BCUT2D eigenvalue weighted by molar-refractivity contribution is 0.0471. The first kappa shape index (κ1) is 21.3. The van der Waals surface area contributed by atoms with Crippen LogP contribution in [0.3, 0.4) is 0 Å². The maximum atomic E-state index is 12.0. The van der Waals surface area contributed by atoms with Crippen LogP contribution in [-0.2, 0) is 4.74 Å². The van der Waals surface area contributed by atoms with Gasteiger partial charge in [0.05, 0.1) is 12.3 Å². The molecular formula is C20H34N2O3. The molecule has 1 heterocycles. The van der Waals surface area contributed by atoms with Gasteiger partial charge in [-0.15, -0.1) is 0 Å². The van der Waals surface area contributed by atoms with Crippen LogP contribution in [-0.4, -0.2) is 29.8 Å². The highest BCUT2D eigenvalue weighted by atomic mass is 16.6. The van der Waals surface area contributed by atoms with Gasteiger partial charge in [-0.2, -0.15) is 0 Å². The van der Waals surface area contributed by atoms with Crippen molar-refractivity contribution < 1.29 is 14.3 Å². The Labute approximate surface area is 152 Å². The van der Waals surface area contributed by atoms with E-state index in [0.717, 1.165) is 23.6 Å². The molecule has 0 saturated carbocycles. The third-order valence-corrected chi connectivity index (χ3v) is 3.71. The molecule has 1 rings (SSSR count). The molecule has 0 saturated heterocycles. The molecule has 1 amide bonds. The molecule has 0 aliphatic carbocycles. The molecule has 142 valence electrons. The van der Waals surface area contributed by atoms with Gasteiger partial charge >= 0.3 is 6.09 Å². The van der Waals surface area contributed by atoms with Gasteiger partial charge in [0, 0.05) is 17.7 Å². The molecule has 0 radical (unpaired) electrons. The van der Waals surface area contributed by atoms with Crippen molar-refractivity contribution in [3.63, 3.8) is 0 Å². The minimum Gasteiger partial charge on any atom is -0.491 e. The summed E-state index contributed by atoms with van der Waals surface area (Å²) in [6.07, 6.45) is 0.539. The van der Waals surface area contributed by atoms with Crippen LogP contribution >= 0.6 is 0 Å². The van der Waals surface area contributed by atoms with Crippen LogP contribution in [0.4, 0.5) is 4.79 Å². The number of ether oxygens (including phenoxy) is 2. The fourth-order valence-corrected chi connectivity index (χ4v) is 2.85. The molecule has 1 aromatic rings. The van der Waals surface area contributed by atoms with Gasteiger partial charge in [0.2, 0.25) is 0 Å². The zero-order chi connectivity index (χ0) is 19.3. The number of amides is 1. The Morgan fingerprint density at radius 1 is 1.20 bits per heavy atom. The first-order chi connectivity index (χ1) is 11.4. The predicted molar refractivity (Wildman–Crippen MR) is 101 cm³/mol. The van der Waals surface area contributed by atoms with Crippen molar-refractivity contribution >= 4 is 6.09 Å². The highest BCUT2D eigenvalue weighted by Crippen LogP contribution is 2.28. The minimum atomic E-state index is -0.500. The molecule has 1 N–H and O–H groups in total. The predicted octanol–water partition coefficient (Wildman–Crippen LogP) is 4.65. The van der Waals surface area contributed by atoms with E-state index in [1.54, 1.807) is 0 Å². The van der Waals surface area contributed by atoms with Gasteiger partial charge in [0.15, 0.2) is 0 Å². The molecule has 0 fully saturated rings. The highest BCUT2D eigenvalue weighted by Gasteiger charge is 2.29. The topological polar surface area (TPSA) is 60.5 Å². The standard InChI is InChI=1S/C20H34N2O3/c1-14(2)11-20(8,12-21-18(23)25-19(5,6)7)13-24-17-10-9-15(3)22-16(17)4/h9-10,14H,11-13H2,1-8H3,(H,21,23). The van der Waals surface area contributed by atoms with E-state index < -0.39 is 11.7 Å². The second-order valence-corrected chi connectivity index (χ2v) is 8.59. The first-order valence-electron chi connectivity index (χ1n) is 8.94. The second-order valence-electron chi connectivity index (χ2n) is 8.59. The molecule has 0 bridgehead atoms. The van der Waals surface area contributed by atoms with Crippen LogP contribution in [0.5, 0.6) is 5.75 Å². The van der Waals surface area contributed by atoms with Crippen LogP contribution in [0.25, 0.3) is 0 Å². The van der Waals surface area contributed by atoms with E-state index in [1.807, 2.05) is 46.8 Å². The molecule has 1 unspecified atom stereocenters. The number of rotatable bonds is 7. The van der Waals surface area contributed by atoms with Gasteiger partial charge in [-0.05, 0) is 59.1 Å². The maximum Gasteiger partial charge on any atom is 0.407 e. The van der Waals surface area contributed by atoms with Crippen molar-refractivity contribution in [1.29, 1.82) is 0 Å². The molecule has 0 aliphatic rings. The Balaban J connectivity index is 2.72. The van der Waals surface area contributed by atoms with Crippen LogP contribution < -0.4 is 10.1 Å². The van der Waals surface area contributed by atoms with E-state index >= 15 is 0 Å². The molecule has 1 atom stereocenters. The van der Waals surface area contributed by atoms with Gasteiger partial charge in [0.25, 0.3) is 0 Å². The van der Waals surface area contributed by atoms with Gasteiger partial charge < -0.3 is 14.8 Å². The van der Waals surface area contributed by atoms with E-state index in [0.29, 0.717) is 19.1 Å². The highest BCUT2D eigenvalue weighted by molar-refractivity contribution is 5.67. The third kappa shape index (κ3) is 8.23. The van der Waals surface area contributed by atoms with E-state index in [9.17, 15) is 4.79 Å². The maximum absolute atomic E-state index is 12.0. The molecule has 0 aromatic carbocycles. The van der Waals surface area contributed by atoms with E-state index in [1.165, 1.54) is 0 Å². The fourth-order valence-electron chi connectivity index (χ4n) is 2.85. The van der Waals surface area contributed by atoms with E-state index in [2.05, 4.69) is 31.1 Å². The Hall–Kier alpha value is -1.78. The second kappa shape index (κ2) is 8.54. The summed E-state index contributed by atoms with van der Waals surface area (Å²) in [6, 6.07) is 3.90. The summed E-state index contributed by atoms with van der Waals surface area (Å²) in [7, 11) is 0. The summed E-state index contributed by atoms with van der Waals surface area (Å²) in [5.74, 6) is 1.28. The summed E-state index contributed by atoms with van der Waals surface area (Å²) in [6.45, 7) is 17.0. The van der Waals surface area contributed by atoms with Crippen LogP contribution in [0.1, 0.15) is 59.4 Å². The lowest BCUT2D eigenvalue weighted by Gasteiger charge is -2.32. The smallest absolute Gasteiger partial charge is 0.407 e. The Morgan fingerprint density at radius 2 is 1.84 bits per heavy atom. The molecule has 5 nitrogen and oxygen atoms in total. The average molecular weight is 351 g/mol. The van der Waals surface area contributed by atoms with Crippen molar-refractivity contribution in [3.05, 3.63) is 23.5 Å². The Kier molecular flexibility index (Phi) is 7.27. The lowest BCUT2D eigenvalue weighted by Crippen LogP contribution is -2.42. The number of aryl methyl sites for hydroxylation is 2. The number of carbonyl (C=O) groups excluding carboxylic acids is 1. The Morgan fingerprint density at radius 3 is 2.36 bits per heavy atom. The average Bonchev–Trinajstić information content (AvgIpc) is 2.42. The summed E-state index contributed by atoms with van der Waals surface area (Å²) in [5.41, 5.74) is 1.16. The molecule has 0 spiro atoms. The molecule has 25 heavy (non-hydrogen) atoms.